The maximum Gasteiger partial charge on any atom is 0.225 e. The topological polar surface area (TPSA) is 64.8 Å². The number of ether oxygens (including phenoxy) is 2. The van der Waals surface area contributed by atoms with Crippen molar-refractivity contribution in [3.8, 4) is 0 Å². The van der Waals surface area contributed by atoms with Gasteiger partial charge in [0, 0.05) is 26.7 Å². The van der Waals surface area contributed by atoms with Crippen molar-refractivity contribution in [1.82, 2.24) is 4.90 Å². The minimum Gasteiger partial charge on any atom is -0.378 e. The zero-order valence-corrected chi connectivity index (χ0v) is 11.8. The molecule has 1 heterocycles. The van der Waals surface area contributed by atoms with E-state index >= 15 is 0 Å². The van der Waals surface area contributed by atoms with Crippen LogP contribution in [0.2, 0.25) is 0 Å². The second kappa shape index (κ2) is 7.07. The first-order chi connectivity index (χ1) is 8.48. The predicted molar refractivity (Wildman–Crippen MR) is 70.3 cm³/mol. The van der Waals surface area contributed by atoms with Crippen LogP contribution in [0.25, 0.3) is 0 Å². The van der Waals surface area contributed by atoms with Crippen molar-refractivity contribution in [1.29, 1.82) is 0 Å². The fourth-order valence-corrected chi connectivity index (χ4v) is 2.05. The smallest absolute Gasteiger partial charge is 0.225 e. The van der Waals surface area contributed by atoms with Gasteiger partial charge in [-0.2, -0.15) is 0 Å². The number of hydrogen-bond donors (Lipinski definition) is 1. The second-order valence-electron chi connectivity index (χ2n) is 5.38. The van der Waals surface area contributed by atoms with Gasteiger partial charge >= 0.3 is 0 Å². The standard InChI is InChI=1S/C13H26N2O3/c1-13(2,17-3)10-12(16)15-7-4-11(5-8-15)18-9-6-14/h11H,4-10,14H2,1-3H3. The molecule has 1 amide bonds. The Balaban J connectivity index is 2.32. The van der Waals surface area contributed by atoms with Crippen LogP contribution >= 0.6 is 0 Å². The number of piperidine rings is 1. The van der Waals surface area contributed by atoms with E-state index in [1.165, 1.54) is 0 Å². The molecule has 5 heteroatoms. The van der Waals surface area contributed by atoms with Crippen LogP contribution in [-0.4, -0.2) is 55.9 Å². The zero-order chi connectivity index (χ0) is 13.6. The minimum atomic E-state index is -0.385. The van der Waals surface area contributed by atoms with Gasteiger partial charge in [0.25, 0.3) is 0 Å². The SMILES string of the molecule is COC(C)(C)CC(=O)N1CCC(OCCN)CC1. The molecule has 1 fully saturated rings. The summed E-state index contributed by atoms with van der Waals surface area (Å²) in [6.07, 6.45) is 2.49. The molecule has 0 saturated carbocycles. The van der Waals surface area contributed by atoms with Gasteiger partial charge in [0.2, 0.25) is 5.91 Å². The van der Waals surface area contributed by atoms with Gasteiger partial charge in [-0.3, -0.25) is 4.79 Å². The maximum atomic E-state index is 12.1. The molecule has 0 aliphatic carbocycles. The highest BCUT2D eigenvalue weighted by Gasteiger charge is 2.28. The first-order valence-corrected chi connectivity index (χ1v) is 6.63. The molecular weight excluding hydrogens is 232 g/mol. The molecule has 0 aromatic heterocycles. The minimum absolute atomic E-state index is 0.166. The molecule has 2 N–H and O–H groups in total. The van der Waals surface area contributed by atoms with E-state index in [2.05, 4.69) is 0 Å². The Hall–Kier alpha value is -0.650. The third-order valence-electron chi connectivity index (χ3n) is 3.40. The van der Waals surface area contributed by atoms with Crippen molar-refractivity contribution in [2.24, 2.45) is 5.73 Å². The summed E-state index contributed by atoms with van der Waals surface area (Å²) in [5.41, 5.74) is 5.02. The van der Waals surface area contributed by atoms with E-state index < -0.39 is 0 Å². The van der Waals surface area contributed by atoms with E-state index in [1.54, 1.807) is 7.11 Å². The quantitative estimate of drug-likeness (QED) is 0.764. The maximum absolute atomic E-state index is 12.1. The zero-order valence-electron chi connectivity index (χ0n) is 11.8. The Labute approximate surface area is 110 Å². The Morgan fingerprint density at radius 3 is 2.50 bits per heavy atom. The number of amides is 1. The first-order valence-electron chi connectivity index (χ1n) is 6.63. The first kappa shape index (κ1) is 15.4. The highest BCUT2D eigenvalue weighted by atomic mass is 16.5. The molecule has 18 heavy (non-hydrogen) atoms. The van der Waals surface area contributed by atoms with E-state index in [0.717, 1.165) is 25.9 Å². The number of carbonyl (C=O) groups excluding carboxylic acids is 1. The average molecular weight is 258 g/mol. The Bertz CT molecular complexity index is 261. The largest absolute Gasteiger partial charge is 0.378 e. The molecule has 0 spiro atoms. The van der Waals surface area contributed by atoms with Gasteiger partial charge in [0.15, 0.2) is 0 Å². The predicted octanol–water partition coefficient (Wildman–Crippen LogP) is 0.768. The molecule has 0 radical (unpaired) electrons. The van der Waals surface area contributed by atoms with Crippen molar-refractivity contribution >= 4 is 5.91 Å². The summed E-state index contributed by atoms with van der Waals surface area (Å²) in [7, 11) is 1.64. The molecule has 1 aliphatic heterocycles. The number of nitrogens with two attached hydrogens (primary N) is 1. The lowest BCUT2D eigenvalue weighted by atomic mass is 10.0. The number of methoxy groups -OCH3 is 1. The molecule has 1 saturated heterocycles. The van der Waals surface area contributed by atoms with E-state index in [1.807, 2.05) is 18.7 Å². The van der Waals surface area contributed by atoms with Crippen LogP contribution in [0.4, 0.5) is 0 Å². The number of carbonyl (C=O) groups is 1. The molecular formula is C13H26N2O3. The number of hydrogen-bond acceptors (Lipinski definition) is 4. The van der Waals surface area contributed by atoms with Gasteiger partial charge < -0.3 is 20.1 Å². The summed E-state index contributed by atoms with van der Waals surface area (Å²) >= 11 is 0. The summed E-state index contributed by atoms with van der Waals surface area (Å²) in [5, 5.41) is 0. The van der Waals surface area contributed by atoms with Crippen LogP contribution in [0.1, 0.15) is 33.1 Å². The lowest BCUT2D eigenvalue weighted by Gasteiger charge is -2.34. The Kier molecular flexibility index (Phi) is 6.05. The molecule has 1 rings (SSSR count). The van der Waals surface area contributed by atoms with E-state index in [9.17, 15) is 4.79 Å². The lowest BCUT2D eigenvalue weighted by molar-refractivity contribution is -0.139. The summed E-state index contributed by atoms with van der Waals surface area (Å²) in [5.74, 6) is 0.166. The van der Waals surface area contributed by atoms with Crippen LogP contribution in [-0.2, 0) is 14.3 Å². The fraction of sp³-hybridized carbons (Fsp3) is 0.923. The second-order valence-corrected chi connectivity index (χ2v) is 5.38. The van der Waals surface area contributed by atoms with Crippen LogP contribution in [0.5, 0.6) is 0 Å². The molecule has 0 bridgehead atoms. The summed E-state index contributed by atoms with van der Waals surface area (Å²) in [6, 6.07) is 0. The van der Waals surface area contributed by atoms with Crippen molar-refractivity contribution in [2.75, 3.05) is 33.4 Å². The summed E-state index contributed by atoms with van der Waals surface area (Å²) < 4.78 is 10.9. The monoisotopic (exact) mass is 258 g/mol. The third-order valence-corrected chi connectivity index (χ3v) is 3.40. The van der Waals surface area contributed by atoms with Gasteiger partial charge in [-0.15, -0.1) is 0 Å². The van der Waals surface area contributed by atoms with Gasteiger partial charge in [-0.1, -0.05) is 0 Å². The van der Waals surface area contributed by atoms with Gasteiger partial charge in [0.1, 0.15) is 0 Å². The van der Waals surface area contributed by atoms with E-state index in [-0.39, 0.29) is 17.6 Å². The molecule has 0 unspecified atom stereocenters. The van der Waals surface area contributed by atoms with Crippen LogP contribution < -0.4 is 5.73 Å². The van der Waals surface area contributed by atoms with Gasteiger partial charge in [-0.05, 0) is 26.7 Å². The summed E-state index contributed by atoms with van der Waals surface area (Å²) in [6.45, 7) is 6.57. The number of rotatable bonds is 6. The van der Waals surface area contributed by atoms with Crippen molar-refractivity contribution in [2.45, 2.75) is 44.8 Å². The lowest BCUT2D eigenvalue weighted by Crippen LogP contribution is -2.43. The van der Waals surface area contributed by atoms with Crippen LogP contribution in [0.15, 0.2) is 0 Å². The molecule has 106 valence electrons. The molecule has 5 nitrogen and oxygen atoms in total. The van der Waals surface area contributed by atoms with Crippen molar-refractivity contribution in [3.63, 3.8) is 0 Å². The number of likely N-dealkylation sites (tertiary alicyclic amines) is 1. The Morgan fingerprint density at radius 2 is 2.00 bits per heavy atom. The highest BCUT2D eigenvalue weighted by molar-refractivity contribution is 5.77. The van der Waals surface area contributed by atoms with Crippen molar-refractivity contribution in [3.05, 3.63) is 0 Å². The molecule has 0 atom stereocenters. The third kappa shape index (κ3) is 4.92. The molecule has 0 aromatic rings. The van der Waals surface area contributed by atoms with Gasteiger partial charge in [-0.25, -0.2) is 0 Å². The van der Waals surface area contributed by atoms with Crippen LogP contribution in [0, 0.1) is 0 Å². The van der Waals surface area contributed by atoms with Crippen LogP contribution in [0.3, 0.4) is 0 Å². The fourth-order valence-electron chi connectivity index (χ4n) is 2.05. The average Bonchev–Trinajstić information content (AvgIpc) is 2.36. The molecule has 0 aromatic carbocycles. The normalized spacial score (nSPS) is 18.1. The van der Waals surface area contributed by atoms with E-state index in [4.69, 9.17) is 15.2 Å². The van der Waals surface area contributed by atoms with Crippen molar-refractivity contribution < 1.29 is 14.3 Å². The van der Waals surface area contributed by atoms with Gasteiger partial charge in [0.05, 0.1) is 24.7 Å². The highest BCUT2D eigenvalue weighted by Crippen LogP contribution is 2.19. The molecule has 1 aliphatic rings. The van der Waals surface area contributed by atoms with E-state index in [0.29, 0.717) is 19.6 Å². The summed E-state index contributed by atoms with van der Waals surface area (Å²) in [4.78, 5) is 14.0. The Morgan fingerprint density at radius 1 is 1.39 bits per heavy atom. The number of nitrogens with zero attached hydrogens (tertiary/aromatic N) is 1.